The molecular formula is H23Ca5O17P3S. The minimum Gasteiger partial charge on any atom is -1.00 e. The van der Waals surface area contributed by atoms with E-state index in [1.807, 2.05) is 0 Å². The van der Waals surface area contributed by atoms with Crippen molar-refractivity contribution in [1.29, 1.82) is 0 Å². The largest absolute Gasteiger partial charge is 2.00 e. The Hall–Kier alpha value is 6.46. The Labute approximate surface area is 311 Å². The van der Waals surface area contributed by atoms with E-state index in [1.165, 1.54) is 0 Å². The molecule has 0 saturated carbocycles. The molecule has 0 aliphatic heterocycles. The number of hydrogen-bond acceptors (Lipinski definition) is 5. The quantitative estimate of drug-likeness (QED) is 0.0685. The summed E-state index contributed by atoms with van der Waals surface area (Å²) in [5.74, 6) is 0. The van der Waals surface area contributed by atoms with Crippen LogP contribution in [0.5, 0.6) is 0 Å². The fourth-order valence-electron chi connectivity index (χ4n) is 0. The van der Waals surface area contributed by atoms with Crippen molar-refractivity contribution in [2.45, 2.75) is 0 Å². The maximum atomic E-state index is 8.88. The topological polar surface area (TPSA) is 339 Å². The second-order valence-electron chi connectivity index (χ2n) is 1.99. The van der Waals surface area contributed by atoms with Crippen LogP contribution in [-0.4, -0.2) is 256 Å². The van der Waals surface area contributed by atoms with Crippen molar-refractivity contribution >= 4 is 223 Å². The molecule has 26 heavy (non-hydrogen) atoms. The predicted molar refractivity (Wildman–Crippen MR) is 100 cm³/mol. The van der Waals surface area contributed by atoms with Gasteiger partial charge in [-0.2, -0.15) is 8.42 Å². The van der Waals surface area contributed by atoms with Crippen LogP contribution >= 0.6 is 23.5 Å². The molecule has 0 amide bonds. The van der Waals surface area contributed by atoms with Crippen molar-refractivity contribution in [3.05, 3.63) is 0 Å². The van der Waals surface area contributed by atoms with Crippen LogP contribution in [0.3, 0.4) is 0 Å². The summed E-state index contributed by atoms with van der Waals surface area (Å²) in [5, 5.41) is 0. The fraction of sp³-hybridized carbons (Fsp3) is 0. The molecule has 0 aromatic carbocycles. The van der Waals surface area contributed by atoms with Gasteiger partial charge in [0.05, 0.1) is 0 Å². The average molecular weight is 621 g/mol. The Kier molecular flexibility index (Phi) is 77.1. The summed E-state index contributed by atoms with van der Waals surface area (Å²) in [6, 6.07) is 0. The summed E-state index contributed by atoms with van der Waals surface area (Å²) in [6.07, 6.45) is 0. The molecule has 0 saturated heterocycles. The van der Waals surface area contributed by atoms with Gasteiger partial charge in [0.1, 0.15) is 0 Å². The molecular weight excluding hydrogens is 597 g/mol. The van der Waals surface area contributed by atoms with Crippen LogP contribution in [0, 0.1) is 0 Å². The molecule has 0 radical (unpaired) electrons. The van der Waals surface area contributed by atoms with Crippen molar-refractivity contribution in [2.75, 3.05) is 0 Å². The van der Waals surface area contributed by atoms with Gasteiger partial charge in [-0.25, -0.2) is 13.7 Å². The van der Waals surface area contributed by atoms with Crippen LogP contribution in [0.15, 0.2) is 0 Å². The van der Waals surface area contributed by atoms with Crippen LogP contribution < -0.4 is 0 Å². The number of rotatable bonds is 0. The monoisotopic (exact) mass is 620 g/mol. The maximum Gasteiger partial charge on any atom is 2.00 e. The minimum absolute atomic E-state index is 0. The molecule has 156 valence electrons. The molecule has 17 nitrogen and oxygen atoms in total. The first-order valence-corrected chi connectivity index (χ1v) is 9.14. The van der Waals surface area contributed by atoms with Gasteiger partial charge in [-0.05, 0) is 0 Å². The molecule has 0 spiro atoms. The Morgan fingerprint density at radius 1 is 0.500 bits per heavy atom. The van der Waals surface area contributed by atoms with Crippen LogP contribution in [0.2, 0.25) is 0 Å². The number of phosphoric acid groups is 3. The zero-order chi connectivity index (χ0) is 18.0. The Morgan fingerprint density at radius 2 is 0.500 bits per heavy atom. The minimum atomic E-state index is -4.67. The third-order valence-corrected chi connectivity index (χ3v) is 0. The Morgan fingerprint density at radius 3 is 0.500 bits per heavy atom. The normalized spacial score (nSPS) is 9.04. The molecule has 0 aromatic heterocycles. The summed E-state index contributed by atoms with van der Waals surface area (Å²) in [6.45, 7) is 0. The summed E-state index contributed by atoms with van der Waals surface area (Å²) in [4.78, 5) is 64.7. The first-order valence-electron chi connectivity index (χ1n) is 3.05. The molecule has 13 N–H and O–H groups in total. The smallest absolute Gasteiger partial charge is 1.00 e. The van der Waals surface area contributed by atoms with E-state index >= 15 is 0 Å². The van der Waals surface area contributed by atoms with Crippen LogP contribution in [0.25, 0.3) is 0 Å². The molecule has 0 bridgehead atoms. The molecule has 0 heterocycles. The molecule has 0 rings (SSSR count). The van der Waals surface area contributed by atoms with Crippen LogP contribution in [-0.2, 0) is 24.1 Å². The molecule has 26 heteroatoms. The van der Waals surface area contributed by atoms with Gasteiger partial charge in [0.25, 0.3) is 0 Å². The summed E-state index contributed by atoms with van der Waals surface area (Å²) < 4.78 is 58.2. The van der Waals surface area contributed by atoms with E-state index < -0.39 is 33.9 Å². The zero-order valence-corrected chi connectivity index (χ0v) is 27.3. The average Bonchev–Trinajstić information content (AvgIpc) is 1.62. The Bertz CT molecular complexity index is 419. The molecule has 0 unspecified atom stereocenters. The van der Waals surface area contributed by atoms with Gasteiger partial charge in [-0.15, -0.1) is 0 Å². The predicted octanol–water partition coefficient (Wildman–Crippen LogP) is -5.04. The van der Waals surface area contributed by atoms with Crippen molar-refractivity contribution in [1.82, 2.24) is 0 Å². The molecule has 0 fully saturated rings. The van der Waals surface area contributed by atoms with Crippen molar-refractivity contribution in [3.8, 4) is 0 Å². The first-order chi connectivity index (χ1) is 8.00. The Balaban J connectivity index is -0.00000000459. The van der Waals surface area contributed by atoms with Crippen molar-refractivity contribution in [2.24, 2.45) is 0 Å². The third kappa shape index (κ3) is 634. The number of hydrogen-bond donors (Lipinski definition) is 11. The summed E-state index contributed by atoms with van der Waals surface area (Å²) in [5.41, 5.74) is 0. The fourth-order valence-corrected chi connectivity index (χ4v) is 0. The van der Waals surface area contributed by atoms with E-state index in [0.29, 0.717) is 0 Å². The van der Waals surface area contributed by atoms with E-state index in [9.17, 15) is 0 Å². The van der Waals surface area contributed by atoms with Crippen LogP contribution in [0.1, 0.15) is 14.3 Å². The second-order valence-corrected chi connectivity index (χ2v) is 5.96. The summed E-state index contributed by atoms with van der Waals surface area (Å²) >= 11 is 0. The molecule has 0 atom stereocenters. The molecule has 0 aliphatic carbocycles. The van der Waals surface area contributed by atoms with Crippen molar-refractivity contribution in [3.63, 3.8) is 0 Å². The second kappa shape index (κ2) is 31.5. The van der Waals surface area contributed by atoms with E-state index in [0.717, 1.165) is 0 Å². The van der Waals surface area contributed by atoms with Crippen LogP contribution in [0.4, 0.5) is 0 Å². The third-order valence-electron chi connectivity index (χ3n) is 0. The standard InChI is InChI=1S/5Ca.3H3O4P.H2O4S.H2O.10H/c;;;;;4*1-5(2,3)4;;;;;;;;;;;/h;;;;;3*(H3,1,2,3,4);(H2,1,2,3,4);1H2;;;;;;;;;;/q5*+2;;;;;;10*-1. The zero-order valence-electron chi connectivity index (χ0n) is 22.7. The van der Waals surface area contributed by atoms with Gasteiger partial charge in [-0.3, -0.25) is 9.11 Å². The van der Waals surface area contributed by atoms with Gasteiger partial charge in [0.15, 0.2) is 0 Å². The SMILES string of the molecule is O.O=P(O)(O)O.O=P(O)(O)O.O=P(O)(O)O.O=S(=O)(O)O.[Ca+2].[Ca+2].[Ca+2].[Ca+2].[Ca+2].[H-].[H-].[H-].[H-].[H-].[H-].[H-].[H-].[H-].[H-]. The maximum absolute atomic E-state index is 8.88. The van der Waals surface area contributed by atoms with Gasteiger partial charge in [-0.1, -0.05) is 0 Å². The summed E-state index contributed by atoms with van der Waals surface area (Å²) in [7, 11) is -18.6. The van der Waals surface area contributed by atoms with Gasteiger partial charge >= 0.3 is 223 Å². The van der Waals surface area contributed by atoms with Gasteiger partial charge in [0, 0.05) is 0 Å². The van der Waals surface area contributed by atoms with E-state index in [4.69, 9.17) is 75.3 Å². The van der Waals surface area contributed by atoms with E-state index in [1.54, 1.807) is 0 Å². The van der Waals surface area contributed by atoms with Gasteiger partial charge in [0.2, 0.25) is 0 Å². The first kappa shape index (κ1) is 63.7. The molecule has 0 aliphatic rings. The van der Waals surface area contributed by atoms with E-state index in [-0.39, 0.29) is 208 Å². The molecule has 0 aromatic rings. The van der Waals surface area contributed by atoms with E-state index in [2.05, 4.69) is 0 Å². The van der Waals surface area contributed by atoms with Gasteiger partial charge < -0.3 is 63.8 Å². The van der Waals surface area contributed by atoms with Crippen molar-refractivity contribution < 1.29 is 95.0 Å².